The van der Waals surface area contributed by atoms with Crippen molar-refractivity contribution in [3.05, 3.63) is 81.1 Å². The van der Waals surface area contributed by atoms with Crippen molar-refractivity contribution in [1.29, 1.82) is 0 Å². The van der Waals surface area contributed by atoms with E-state index < -0.39 is 28.8 Å². The Morgan fingerprint density at radius 1 is 1.24 bits per heavy atom. The summed E-state index contributed by atoms with van der Waals surface area (Å²) in [5, 5.41) is 2.19. The van der Waals surface area contributed by atoms with Gasteiger partial charge in [-0.15, -0.1) is 11.6 Å². The van der Waals surface area contributed by atoms with E-state index >= 15 is 0 Å². The van der Waals surface area contributed by atoms with Gasteiger partial charge in [0.1, 0.15) is 5.83 Å². The summed E-state index contributed by atoms with van der Waals surface area (Å²) in [5.41, 5.74) is 2.66. The van der Waals surface area contributed by atoms with E-state index in [2.05, 4.69) is 16.1 Å². The summed E-state index contributed by atoms with van der Waals surface area (Å²) < 4.78 is 30.7. The molecule has 1 aromatic heterocycles. The van der Waals surface area contributed by atoms with Gasteiger partial charge in [0.25, 0.3) is 5.56 Å². The third-order valence-electron chi connectivity index (χ3n) is 6.56. The Bertz CT molecular complexity index is 1280. The zero-order chi connectivity index (χ0) is 27.1. The molecule has 2 aliphatic rings. The molecular weight excluding hydrogens is 515 g/mol. The van der Waals surface area contributed by atoms with Crippen molar-refractivity contribution >= 4 is 23.3 Å². The number of morpholine rings is 1. The van der Waals surface area contributed by atoms with E-state index in [1.807, 2.05) is 18.2 Å². The molecule has 0 amide bonds. The summed E-state index contributed by atoms with van der Waals surface area (Å²) in [6.45, 7) is 4.29. The van der Waals surface area contributed by atoms with Gasteiger partial charge in [0.2, 0.25) is 0 Å². The second-order valence-corrected chi connectivity index (χ2v) is 9.60. The number of H-pyrrole nitrogens is 1. The maximum Gasteiger partial charge on any atom is 0.311 e. The molecule has 1 N–H and O–H groups in total. The maximum atomic E-state index is 13.7. The summed E-state index contributed by atoms with van der Waals surface area (Å²) in [7, 11) is 2.79. The minimum atomic E-state index is -0.801. The average Bonchev–Trinajstić information content (AvgIpc) is 3.22. The predicted molar refractivity (Wildman–Crippen MR) is 142 cm³/mol. The van der Waals surface area contributed by atoms with Gasteiger partial charge in [-0.2, -0.15) is 0 Å². The zero-order valence-electron chi connectivity index (χ0n) is 21.5. The number of esters is 1. The van der Waals surface area contributed by atoms with Gasteiger partial charge in [-0.05, 0) is 23.3 Å². The highest BCUT2D eigenvalue weighted by molar-refractivity contribution is 6.22. The second kappa shape index (κ2) is 13.1. The number of aliphatic imine (C=N–C) groups is 1. The van der Waals surface area contributed by atoms with E-state index in [0.29, 0.717) is 31.2 Å². The predicted octanol–water partition coefficient (Wildman–Crippen LogP) is 2.93. The summed E-state index contributed by atoms with van der Waals surface area (Å²) >= 11 is 6.35. The number of rotatable bonds is 10. The molecule has 0 bridgehead atoms. The van der Waals surface area contributed by atoms with E-state index in [9.17, 15) is 14.0 Å². The van der Waals surface area contributed by atoms with Gasteiger partial charge in [0.05, 0.1) is 68.3 Å². The molecule has 1 aromatic carbocycles. The number of halogens is 2. The van der Waals surface area contributed by atoms with Gasteiger partial charge in [-0.1, -0.05) is 30.3 Å². The number of aromatic nitrogens is 2. The quantitative estimate of drug-likeness (QED) is 0.279. The molecule has 38 heavy (non-hydrogen) atoms. The van der Waals surface area contributed by atoms with Gasteiger partial charge in [-0.3, -0.25) is 24.6 Å². The maximum absolute atomic E-state index is 13.7. The van der Waals surface area contributed by atoms with Crippen LogP contribution >= 0.6 is 11.6 Å². The van der Waals surface area contributed by atoms with Crippen molar-refractivity contribution in [1.82, 2.24) is 14.7 Å². The molecule has 2 atom stereocenters. The molecule has 11 heteroatoms. The number of alkyl halides is 1. The monoisotopic (exact) mass is 546 g/mol. The minimum Gasteiger partial charge on any atom is -0.469 e. The second-order valence-electron chi connectivity index (χ2n) is 9.09. The molecule has 204 valence electrons. The highest BCUT2D eigenvalue weighted by Gasteiger charge is 2.28. The summed E-state index contributed by atoms with van der Waals surface area (Å²) in [5.74, 6) is -1.01. The van der Waals surface area contributed by atoms with Gasteiger partial charge >= 0.3 is 5.97 Å². The van der Waals surface area contributed by atoms with Crippen LogP contribution in [0.25, 0.3) is 0 Å². The Hall–Kier alpha value is -3.05. The topological polar surface area (TPSA) is 98.2 Å². The van der Waals surface area contributed by atoms with Crippen LogP contribution in [-0.2, 0) is 38.5 Å². The molecule has 1 saturated heterocycles. The lowest BCUT2D eigenvalue weighted by Crippen LogP contribution is -2.35. The van der Waals surface area contributed by atoms with Gasteiger partial charge < -0.3 is 14.2 Å². The standard InChI is InChI=1S/C27H32ClFN4O5/c1-36-17-23(30-15-18-5-3-4-6-19(18)16-32-9-11-38-12-10-32)26-22(14-25(34)37-2)31-33(27(26)35)24-8-7-20(29)13-21(24)28/h3-8,13,21,24,31H,9-12,14-17H2,1-2H3. The number of carbonyl (C=O) groups is 1. The molecule has 1 fully saturated rings. The molecule has 0 radical (unpaired) electrons. The number of ether oxygens (including phenoxy) is 3. The van der Waals surface area contributed by atoms with E-state index in [1.54, 1.807) is 0 Å². The highest BCUT2D eigenvalue weighted by atomic mass is 35.5. The number of benzene rings is 1. The Morgan fingerprint density at radius 3 is 2.66 bits per heavy atom. The van der Waals surface area contributed by atoms with Crippen LogP contribution in [0.15, 0.2) is 58.1 Å². The number of aromatic amines is 1. The molecular formula is C27H32ClFN4O5. The van der Waals surface area contributed by atoms with Crippen molar-refractivity contribution in [2.75, 3.05) is 47.1 Å². The molecule has 1 aliphatic carbocycles. The highest BCUT2D eigenvalue weighted by Crippen LogP contribution is 2.26. The number of hydrogen-bond acceptors (Lipinski definition) is 7. The van der Waals surface area contributed by atoms with Crippen LogP contribution in [-0.4, -0.2) is 78.9 Å². The Kier molecular flexibility index (Phi) is 9.68. The fraction of sp³-hybridized carbons (Fsp3) is 0.444. The van der Waals surface area contributed by atoms with E-state index in [-0.39, 0.29) is 18.6 Å². The number of carbonyl (C=O) groups excluding carboxylic acids is 1. The van der Waals surface area contributed by atoms with E-state index in [1.165, 1.54) is 37.1 Å². The average molecular weight is 547 g/mol. The summed E-state index contributed by atoms with van der Waals surface area (Å²) in [6.07, 6.45) is 3.81. The van der Waals surface area contributed by atoms with Crippen molar-refractivity contribution in [2.24, 2.45) is 4.99 Å². The fourth-order valence-electron chi connectivity index (χ4n) is 4.57. The van der Waals surface area contributed by atoms with Gasteiger partial charge in [0, 0.05) is 26.7 Å². The smallest absolute Gasteiger partial charge is 0.311 e. The number of nitrogens with zero attached hydrogens (tertiary/aromatic N) is 3. The van der Waals surface area contributed by atoms with E-state index in [0.717, 1.165) is 30.8 Å². The van der Waals surface area contributed by atoms with Crippen LogP contribution in [0.4, 0.5) is 4.39 Å². The minimum absolute atomic E-state index is 0.0479. The van der Waals surface area contributed by atoms with Crippen LogP contribution in [0.3, 0.4) is 0 Å². The molecule has 4 rings (SSSR count). The van der Waals surface area contributed by atoms with Gasteiger partial charge in [0.15, 0.2) is 0 Å². The van der Waals surface area contributed by atoms with Crippen LogP contribution in [0.5, 0.6) is 0 Å². The molecule has 2 unspecified atom stereocenters. The molecule has 2 heterocycles. The Morgan fingerprint density at radius 2 is 1.97 bits per heavy atom. The number of nitrogens with one attached hydrogen (secondary N) is 1. The van der Waals surface area contributed by atoms with Crippen molar-refractivity contribution < 1.29 is 23.4 Å². The van der Waals surface area contributed by atoms with Crippen LogP contribution < -0.4 is 5.56 Å². The van der Waals surface area contributed by atoms with Crippen molar-refractivity contribution in [3.8, 4) is 0 Å². The Balaban J connectivity index is 1.69. The third-order valence-corrected chi connectivity index (χ3v) is 6.94. The summed E-state index contributed by atoms with van der Waals surface area (Å²) in [4.78, 5) is 33.0. The first kappa shape index (κ1) is 28.0. The van der Waals surface area contributed by atoms with Crippen molar-refractivity contribution in [2.45, 2.75) is 30.9 Å². The Labute approximate surface area is 225 Å². The van der Waals surface area contributed by atoms with E-state index in [4.69, 9.17) is 30.8 Å². The summed E-state index contributed by atoms with van der Waals surface area (Å²) in [6, 6.07) is 7.37. The fourth-order valence-corrected chi connectivity index (χ4v) is 4.88. The number of hydrogen-bond donors (Lipinski definition) is 1. The SMILES string of the molecule is COCC(=NCc1ccccc1CN1CCOCC1)c1c(CC(=O)OC)[nH]n(C2C=CC(F)=CC2Cl)c1=O. The number of methoxy groups -OCH3 is 2. The molecule has 2 aromatic rings. The molecule has 0 spiro atoms. The molecule has 0 saturated carbocycles. The lowest BCUT2D eigenvalue weighted by atomic mass is 10.1. The molecule has 9 nitrogen and oxygen atoms in total. The first-order valence-electron chi connectivity index (χ1n) is 12.4. The zero-order valence-corrected chi connectivity index (χ0v) is 22.2. The first-order chi connectivity index (χ1) is 18.4. The normalized spacial score (nSPS) is 20.4. The van der Waals surface area contributed by atoms with Gasteiger partial charge in [-0.25, -0.2) is 9.07 Å². The lowest BCUT2D eigenvalue weighted by molar-refractivity contribution is -0.139. The van der Waals surface area contributed by atoms with Crippen LogP contribution in [0.2, 0.25) is 0 Å². The first-order valence-corrected chi connectivity index (χ1v) is 12.8. The van der Waals surface area contributed by atoms with Crippen LogP contribution in [0.1, 0.15) is 28.4 Å². The third kappa shape index (κ3) is 6.68. The van der Waals surface area contributed by atoms with Crippen molar-refractivity contribution in [3.63, 3.8) is 0 Å². The largest absolute Gasteiger partial charge is 0.469 e. The number of allylic oxidation sites excluding steroid dienone is 4. The lowest BCUT2D eigenvalue weighted by Gasteiger charge is -2.27. The van der Waals surface area contributed by atoms with Crippen LogP contribution in [0, 0.1) is 0 Å². The molecule has 1 aliphatic heterocycles.